The number of carboxylic acids is 1. The third kappa shape index (κ3) is 2.50. The number of H-pyrrole nitrogens is 1. The highest BCUT2D eigenvalue weighted by Gasteiger charge is 2.36. The topological polar surface area (TPSA) is 98.7 Å². The van der Waals surface area contributed by atoms with Crippen LogP contribution in [-0.2, 0) is 11.2 Å². The number of aromatic amines is 1. The minimum Gasteiger partial charge on any atom is -0.480 e. The average Bonchev–Trinajstić information content (AvgIpc) is 2.96. The van der Waals surface area contributed by atoms with E-state index in [1.54, 1.807) is 11.1 Å². The molecule has 0 aliphatic carbocycles. The molecule has 1 aromatic heterocycles. The standard InChI is InChI=1S/C10H14N4O3/c15-10(16)8-2-1-3-14(8)9(13-17)4-7-5-11-6-12-7/h5-6,8-9H,1-4H2,(H,11,12)(H,15,16)/t8-,9?/m0/s1. The van der Waals surface area contributed by atoms with Gasteiger partial charge in [0.25, 0.3) is 0 Å². The number of imidazole rings is 1. The number of nitrogens with zero attached hydrogens (tertiary/aromatic N) is 3. The Labute approximate surface area is 97.8 Å². The zero-order valence-corrected chi connectivity index (χ0v) is 9.24. The second kappa shape index (κ2) is 5.05. The number of carboxylic acid groups (broad SMARTS) is 1. The fourth-order valence-electron chi connectivity index (χ4n) is 2.22. The molecule has 0 spiro atoms. The Bertz CT molecular complexity index is 392. The Balaban J connectivity index is 2.07. The molecule has 2 N–H and O–H groups in total. The van der Waals surface area contributed by atoms with Gasteiger partial charge in [-0.05, 0) is 12.8 Å². The number of carbonyl (C=O) groups is 1. The molecular weight excluding hydrogens is 224 g/mol. The largest absolute Gasteiger partial charge is 0.480 e. The Morgan fingerprint density at radius 3 is 3.18 bits per heavy atom. The highest BCUT2D eigenvalue weighted by molar-refractivity contribution is 5.73. The number of rotatable bonds is 5. The SMILES string of the molecule is O=NC(Cc1cnc[nH]1)N1CCC[C@H]1C(=O)O. The van der Waals surface area contributed by atoms with Gasteiger partial charge in [-0.15, -0.1) is 4.91 Å². The molecule has 2 atom stereocenters. The summed E-state index contributed by atoms with van der Waals surface area (Å²) in [6.45, 7) is 0.599. The molecule has 1 unspecified atom stereocenters. The molecule has 92 valence electrons. The summed E-state index contributed by atoms with van der Waals surface area (Å²) >= 11 is 0. The van der Waals surface area contributed by atoms with Crippen molar-refractivity contribution in [3.05, 3.63) is 23.1 Å². The quantitative estimate of drug-likeness (QED) is 0.731. The van der Waals surface area contributed by atoms with Gasteiger partial charge in [0.1, 0.15) is 6.04 Å². The molecule has 1 aromatic rings. The predicted octanol–water partition coefficient (Wildman–Crippen LogP) is 0.594. The predicted molar refractivity (Wildman–Crippen MR) is 59.2 cm³/mol. The van der Waals surface area contributed by atoms with Crippen molar-refractivity contribution in [2.24, 2.45) is 5.18 Å². The Kier molecular flexibility index (Phi) is 3.48. The van der Waals surface area contributed by atoms with Crippen molar-refractivity contribution >= 4 is 5.97 Å². The van der Waals surface area contributed by atoms with E-state index in [1.807, 2.05) is 0 Å². The van der Waals surface area contributed by atoms with Crippen molar-refractivity contribution in [2.75, 3.05) is 6.54 Å². The van der Waals surface area contributed by atoms with Crippen LogP contribution in [0.4, 0.5) is 0 Å². The van der Waals surface area contributed by atoms with Gasteiger partial charge >= 0.3 is 5.97 Å². The molecule has 1 fully saturated rings. The lowest BCUT2D eigenvalue weighted by Crippen LogP contribution is -2.43. The van der Waals surface area contributed by atoms with Crippen LogP contribution < -0.4 is 0 Å². The number of likely N-dealkylation sites (tertiary alicyclic amines) is 1. The lowest BCUT2D eigenvalue weighted by Gasteiger charge is -2.25. The first-order valence-corrected chi connectivity index (χ1v) is 5.50. The van der Waals surface area contributed by atoms with Crippen LogP contribution in [0.1, 0.15) is 18.5 Å². The Morgan fingerprint density at radius 1 is 1.76 bits per heavy atom. The van der Waals surface area contributed by atoms with Gasteiger partial charge in [-0.2, -0.15) is 0 Å². The average molecular weight is 238 g/mol. The molecule has 7 heteroatoms. The van der Waals surface area contributed by atoms with E-state index in [1.165, 1.54) is 6.33 Å². The normalized spacial score (nSPS) is 22.5. The van der Waals surface area contributed by atoms with E-state index in [0.717, 1.165) is 12.1 Å². The maximum Gasteiger partial charge on any atom is 0.320 e. The van der Waals surface area contributed by atoms with Crippen molar-refractivity contribution < 1.29 is 9.90 Å². The first-order valence-electron chi connectivity index (χ1n) is 5.50. The van der Waals surface area contributed by atoms with Crippen LogP contribution in [0, 0.1) is 4.91 Å². The molecule has 0 aromatic carbocycles. The third-order valence-electron chi connectivity index (χ3n) is 3.04. The summed E-state index contributed by atoms with van der Waals surface area (Å²) < 4.78 is 0. The molecule has 17 heavy (non-hydrogen) atoms. The second-order valence-corrected chi connectivity index (χ2v) is 4.10. The van der Waals surface area contributed by atoms with Crippen molar-refractivity contribution in [1.82, 2.24) is 14.9 Å². The first-order chi connectivity index (χ1) is 8.22. The molecule has 0 saturated carbocycles. The van der Waals surface area contributed by atoms with E-state index in [9.17, 15) is 9.70 Å². The zero-order chi connectivity index (χ0) is 12.3. The molecule has 1 aliphatic rings. The summed E-state index contributed by atoms with van der Waals surface area (Å²) in [6.07, 6.45) is 4.22. The van der Waals surface area contributed by atoms with Crippen molar-refractivity contribution in [1.29, 1.82) is 0 Å². The molecule has 7 nitrogen and oxygen atoms in total. The van der Waals surface area contributed by atoms with E-state index in [0.29, 0.717) is 19.4 Å². The Morgan fingerprint density at radius 2 is 2.59 bits per heavy atom. The summed E-state index contributed by atoms with van der Waals surface area (Å²) in [7, 11) is 0. The summed E-state index contributed by atoms with van der Waals surface area (Å²) in [5.74, 6) is -0.888. The molecule has 0 bridgehead atoms. The summed E-state index contributed by atoms with van der Waals surface area (Å²) in [4.78, 5) is 30.3. The molecule has 2 heterocycles. The Hall–Kier alpha value is -1.76. The first kappa shape index (κ1) is 11.7. The van der Waals surface area contributed by atoms with Gasteiger partial charge in [-0.25, -0.2) is 4.98 Å². The number of hydrogen-bond acceptors (Lipinski definition) is 5. The molecule has 1 aliphatic heterocycles. The molecule has 2 rings (SSSR count). The van der Waals surface area contributed by atoms with Gasteiger partial charge in [0.05, 0.1) is 6.33 Å². The number of nitrogens with one attached hydrogen (secondary N) is 1. The highest BCUT2D eigenvalue weighted by Crippen LogP contribution is 2.22. The zero-order valence-electron chi connectivity index (χ0n) is 9.24. The maximum atomic E-state index is 11.0. The minimum atomic E-state index is -0.888. The molecular formula is C10H14N4O3. The second-order valence-electron chi connectivity index (χ2n) is 4.10. The number of hydrogen-bond donors (Lipinski definition) is 2. The van der Waals surface area contributed by atoms with Crippen molar-refractivity contribution in [3.63, 3.8) is 0 Å². The lowest BCUT2D eigenvalue weighted by atomic mass is 10.2. The van der Waals surface area contributed by atoms with E-state index in [2.05, 4.69) is 15.1 Å². The molecule has 0 radical (unpaired) electrons. The summed E-state index contributed by atoms with van der Waals surface area (Å²) in [5, 5.41) is 12.1. The monoisotopic (exact) mass is 238 g/mol. The van der Waals surface area contributed by atoms with Gasteiger partial charge in [-0.1, -0.05) is 5.18 Å². The van der Waals surface area contributed by atoms with Gasteiger partial charge in [0, 0.05) is 24.9 Å². The molecule has 1 saturated heterocycles. The fourth-order valence-corrected chi connectivity index (χ4v) is 2.22. The minimum absolute atomic E-state index is 0.368. The van der Waals surface area contributed by atoms with Crippen LogP contribution in [0.25, 0.3) is 0 Å². The smallest absolute Gasteiger partial charge is 0.320 e. The van der Waals surface area contributed by atoms with Gasteiger partial charge in [0.15, 0.2) is 6.17 Å². The van der Waals surface area contributed by atoms with E-state index >= 15 is 0 Å². The van der Waals surface area contributed by atoms with Crippen molar-refractivity contribution in [2.45, 2.75) is 31.5 Å². The van der Waals surface area contributed by atoms with Crippen LogP contribution >= 0.6 is 0 Å². The summed E-state index contributed by atoms with van der Waals surface area (Å²) in [5.41, 5.74) is 0.783. The van der Waals surface area contributed by atoms with Crippen LogP contribution in [0.3, 0.4) is 0 Å². The van der Waals surface area contributed by atoms with Gasteiger partial charge in [-0.3, -0.25) is 9.69 Å². The number of aliphatic carboxylic acids is 1. The van der Waals surface area contributed by atoms with Crippen molar-refractivity contribution in [3.8, 4) is 0 Å². The van der Waals surface area contributed by atoms with Gasteiger partial charge < -0.3 is 10.1 Å². The lowest BCUT2D eigenvalue weighted by molar-refractivity contribution is -0.142. The number of aromatic nitrogens is 2. The van der Waals surface area contributed by atoms with Gasteiger partial charge in [0.2, 0.25) is 0 Å². The van der Waals surface area contributed by atoms with Crippen LogP contribution in [0.15, 0.2) is 17.7 Å². The van der Waals surface area contributed by atoms with Crippen LogP contribution in [-0.4, -0.2) is 44.7 Å². The van der Waals surface area contributed by atoms with Crippen LogP contribution in [0.5, 0.6) is 0 Å². The van der Waals surface area contributed by atoms with Crippen LogP contribution in [0.2, 0.25) is 0 Å². The van der Waals surface area contributed by atoms with E-state index in [-0.39, 0.29) is 0 Å². The third-order valence-corrected chi connectivity index (χ3v) is 3.04. The molecule has 0 amide bonds. The fraction of sp³-hybridized carbons (Fsp3) is 0.600. The van der Waals surface area contributed by atoms with E-state index < -0.39 is 18.2 Å². The maximum absolute atomic E-state index is 11.0. The summed E-state index contributed by atoms with van der Waals surface area (Å²) in [6, 6.07) is -0.597. The van der Waals surface area contributed by atoms with E-state index in [4.69, 9.17) is 5.11 Å². The number of nitroso groups, excluding NO2 is 1. The highest BCUT2D eigenvalue weighted by atomic mass is 16.4.